The summed E-state index contributed by atoms with van der Waals surface area (Å²) in [6.07, 6.45) is 5.65. The summed E-state index contributed by atoms with van der Waals surface area (Å²) in [4.78, 5) is 15.2. The maximum Gasteiger partial charge on any atom is 0.243 e. The van der Waals surface area contributed by atoms with Gasteiger partial charge >= 0.3 is 0 Å². The van der Waals surface area contributed by atoms with E-state index in [0.29, 0.717) is 0 Å². The van der Waals surface area contributed by atoms with Gasteiger partial charge in [0.1, 0.15) is 5.54 Å². The second-order valence-corrected chi connectivity index (χ2v) is 7.96. The van der Waals surface area contributed by atoms with E-state index >= 15 is 0 Å². The monoisotopic (exact) mass is 294 g/mol. The zero-order chi connectivity index (χ0) is 15.3. The van der Waals surface area contributed by atoms with Crippen molar-refractivity contribution in [3.05, 3.63) is 0 Å². The SMILES string of the molecule is CC1CCCN(C(=O)C2(N)C3CCCOC3C2(C)C)CC1. The highest BCUT2D eigenvalue weighted by molar-refractivity contribution is 5.89. The van der Waals surface area contributed by atoms with Crippen molar-refractivity contribution >= 4 is 5.91 Å². The maximum absolute atomic E-state index is 13.2. The third-order valence-electron chi connectivity index (χ3n) is 6.34. The predicted molar refractivity (Wildman–Crippen MR) is 82.8 cm³/mol. The normalized spacial score (nSPS) is 42.7. The number of rotatable bonds is 1. The van der Waals surface area contributed by atoms with Gasteiger partial charge in [-0.3, -0.25) is 4.79 Å². The molecular weight excluding hydrogens is 264 g/mol. The topological polar surface area (TPSA) is 55.6 Å². The molecule has 0 spiro atoms. The number of nitrogens with two attached hydrogens (primary N) is 1. The fraction of sp³-hybridized carbons (Fsp3) is 0.941. The number of hydrogen-bond acceptors (Lipinski definition) is 3. The molecule has 0 bridgehead atoms. The molecule has 4 nitrogen and oxygen atoms in total. The Morgan fingerprint density at radius 2 is 1.95 bits per heavy atom. The first kappa shape index (κ1) is 15.3. The molecule has 2 heterocycles. The van der Waals surface area contributed by atoms with Gasteiger partial charge in [-0.2, -0.15) is 0 Å². The predicted octanol–water partition coefficient (Wildman–Crippen LogP) is 2.17. The average molecular weight is 294 g/mol. The quantitative estimate of drug-likeness (QED) is 0.806. The van der Waals surface area contributed by atoms with Crippen molar-refractivity contribution in [2.24, 2.45) is 23.0 Å². The molecule has 3 aliphatic rings. The van der Waals surface area contributed by atoms with Crippen LogP contribution < -0.4 is 5.73 Å². The van der Waals surface area contributed by atoms with E-state index in [-0.39, 0.29) is 23.3 Å². The third-order valence-corrected chi connectivity index (χ3v) is 6.34. The molecule has 21 heavy (non-hydrogen) atoms. The molecule has 4 unspecified atom stereocenters. The van der Waals surface area contributed by atoms with Gasteiger partial charge in [-0.1, -0.05) is 20.8 Å². The number of hydrogen-bond donors (Lipinski definition) is 1. The Labute approximate surface area is 128 Å². The summed E-state index contributed by atoms with van der Waals surface area (Å²) >= 11 is 0. The minimum Gasteiger partial charge on any atom is -0.377 e. The van der Waals surface area contributed by atoms with E-state index in [4.69, 9.17) is 10.5 Å². The lowest BCUT2D eigenvalue weighted by Gasteiger charge is -2.65. The number of ether oxygens (including phenoxy) is 1. The van der Waals surface area contributed by atoms with Crippen molar-refractivity contribution in [1.29, 1.82) is 0 Å². The number of amides is 1. The molecule has 3 fully saturated rings. The van der Waals surface area contributed by atoms with E-state index in [9.17, 15) is 4.79 Å². The molecule has 1 amide bonds. The van der Waals surface area contributed by atoms with Crippen LogP contribution in [0, 0.1) is 17.3 Å². The standard InChI is InChI=1S/C17H30N2O2/c1-12-6-4-9-19(10-8-12)15(20)17(18)13-7-5-11-21-14(13)16(17,2)3/h12-14H,4-11,18H2,1-3H3. The first-order valence-electron chi connectivity index (χ1n) is 8.59. The molecule has 120 valence electrons. The van der Waals surface area contributed by atoms with Crippen LogP contribution in [-0.4, -0.2) is 42.1 Å². The summed E-state index contributed by atoms with van der Waals surface area (Å²) in [7, 11) is 0. The summed E-state index contributed by atoms with van der Waals surface area (Å²) in [6.45, 7) is 9.06. The molecule has 1 saturated carbocycles. The highest BCUT2D eigenvalue weighted by Crippen LogP contribution is 2.58. The highest BCUT2D eigenvalue weighted by atomic mass is 16.5. The minimum absolute atomic E-state index is 0.158. The molecule has 0 aromatic rings. The zero-order valence-electron chi connectivity index (χ0n) is 13.7. The van der Waals surface area contributed by atoms with Crippen LogP contribution in [0.4, 0.5) is 0 Å². The van der Waals surface area contributed by atoms with Gasteiger partial charge in [-0.15, -0.1) is 0 Å². The van der Waals surface area contributed by atoms with Crippen molar-refractivity contribution in [3.8, 4) is 0 Å². The summed E-state index contributed by atoms with van der Waals surface area (Å²) < 4.78 is 5.92. The largest absolute Gasteiger partial charge is 0.377 e. The van der Waals surface area contributed by atoms with Crippen LogP contribution in [0.5, 0.6) is 0 Å². The summed E-state index contributed by atoms with van der Waals surface area (Å²) in [5.74, 6) is 1.10. The Bertz CT molecular complexity index is 423. The third kappa shape index (κ3) is 2.14. The zero-order valence-corrected chi connectivity index (χ0v) is 13.7. The maximum atomic E-state index is 13.2. The first-order chi connectivity index (χ1) is 9.89. The Morgan fingerprint density at radius 1 is 1.19 bits per heavy atom. The van der Waals surface area contributed by atoms with E-state index < -0.39 is 5.54 Å². The molecule has 2 aliphatic heterocycles. The van der Waals surface area contributed by atoms with Crippen LogP contribution >= 0.6 is 0 Å². The number of fused-ring (bicyclic) bond motifs is 1. The lowest BCUT2D eigenvalue weighted by Crippen LogP contribution is -2.82. The molecule has 0 radical (unpaired) electrons. The number of carbonyl (C=O) groups is 1. The van der Waals surface area contributed by atoms with Crippen LogP contribution in [0.2, 0.25) is 0 Å². The van der Waals surface area contributed by atoms with E-state index in [0.717, 1.165) is 51.3 Å². The summed E-state index contributed by atoms with van der Waals surface area (Å²) in [6, 6.07) is 0. The molecule has 1 aliphatic carbocycles. The molecule has 2 saturated heterocycles. The van der Waals surface area contributed by atoms with Crippen molar-refractivity contribution in [1.82, 2.24) is 4.90 Å². The Kier molecular flexibility index (Phi) is 3.81. The average Bonchev–Trinajstić information content (AvgIpc) is 2.70. The van der Waals surface area contributed by atoms with Crippen LogP contribution in [0.3, 0.4) is 0 Å². The van der Waals surface area contributed by atoms with Gasteiger partial charge in [0.2, 0.25) is 5.91 Å². The molecular formula is C17H30N2O2. The van der Waals surface area contributed by atoms with Gasteiger partial charge in [-0.25, -0.2) is 0 Å². The van der Waals surface area contributed by atoms with Gasteiger partial charge in [0.15, 0.2) is 0 Å². The van der Waals surface area contributed by atoms with E-state index in [1.54, 1.807) is 0 Å². The van der Waals surface area contributed by atoms with Crippen LogP contribution in [0.1, 0.15) is 52.9 Å². The van der Waals surface area contributed by atoms with E-state index in [1.807, 2.05) is 4.90 Å². The first-order valence-corrected chi connectivity index (χ1v) is 8.59. The van der Waals surface area contributed by atoms with Crippen molar-refractivity contribution in [2.45, 2.75) is 64.5 Å². The van der Waals surface area contributed by atoms with Crippen molar-refractivity contribution < 1.29 is 9.53 Å². The van der Waals surface area contributed by atoms with Gasteiger partial charge in [0, 0.05) is 31.0 Å². The number of carbonyl (C=O) groups excluding carboxylic acids is 1. The Balaban J connectivity index is 1.79. The second-order valence-electron chi connectivity index (χ2n) is 7.96. The van der Waals surface area contributed by atoms with Crippen LogP contribution in [-0.2, 0) is 9.53 Å². The number of nitrogens with zero attached hydrogens (tertiary/aromatic N) is 1. The van der Waals surface area contributed by atoms with Gasteiger partial charge < -0.3 is 15.4 Å². The van der Waals surface area contributed by atoms with E-state index in [1.165, 1.54) is 6.42 Å². The van der Waals surface area contributed by atoms with Crippen molar-refractivity contribution in [2.75, 3.05) is 19.7 Å². The second kappa shape index (κ2) is 5.24. The van der Waals surface area contributed by atoms with Crippen LogP contribution in [0.25, 0.3) is 0 Å². The Morgan fingerprint density at radius 3 is 2.71 bits per heavy atom. The fourth-order valence-corrected chi connectivity index (χ4v) is 4.74. The minimum atomic E-state index is -0.730. The molecule has 0 aromatic heterocycles. The smallest absolute Gasteiger partial charge is 0.243 e. The molecule has 2 N–H and O–H groups in total. The van der Waals surface area contributed by atoms with Crippen molar-refractivity contribution in [3.63, 3.8) is 0 Å². The number of likely N-dealkylation sites (tertiary alicyclic amines) is 1. The highest BCUT2D eigenvalue weighted by Gasteiger charge is 2.70. The van der Waals surface area contributed by atoms with Gasteiger partial charge in [0.05, 0.1) is 6.10 Å². The van der Waals surface area contributed by atoms with Crippen LogP contribution in [0.15, 0.2) is 0 Å². The summed E-state index contributed by atoms with van der Waals surface area (Å²) in [5, 5.41) is 0. The lowest BCUT2D eigenvalue weighted by atomic mass is 9.46. The molecule has 0 aromatic carbocycles. The fourth-order valence-electron chi connectivity index (χ4n) is 4.74. The van der Waals surface area contributed by atoms with Gasteiger partial charge in [-0.05, 0) is 38.0 Å². The lowest BCUT2D eigenvalue weighted by molar-refractivity contribution is -0.230. The molecule has 3 rings (SSSR count). The van der Waals surface area contributed by atoms with E-state index in [2.05, 4.69) is 20.8 Å². The summed E-state index contributed by atoms with van der Waals surface area (Å²) in [5.41, 5.74) is 5.74. The molecule has 4 atom stereocenters. The van der Waals surface area contributed by atoms with Gasteiger partial charge in [0.25, 0.3) is 0 Å². The molecule has 4 heteroatoms. The Hall–Kier alpha value is -0.610.